The number of anilines is 3. The highest BCUT2D eigenvalue weighted by atomic mass is 16.6. The molecule has 4 aromatic rings. The summed E-state index contributed by atoms with van der Waals surface area (Å²) in [4.78, 5) is 45.6. The molecule has 1 saturated carbocycles. The molecule has 1 unspecified atom stereocenters. The fourth-order valence-electron chi connectivity index (χ4n) is 6.24. The Bertz CT molecular complexity index is 1890. The minimum atomic E-state index is -0.305. The number of aromatic nitrogens is 2. The van der Waals surface area contributed by atoms with E-state index in [-0.39, 0.29) is 36.1 Å². The molecule has 3 aromatic carbocycles. The average molecular weight is 664 g/mol. The fourth-order valence-corrected chi connectivity index (χ4v) is 6.24. The van der Waals surface area contributed by atoms with Crippen molar-refractivity contribution in [2.45, 2.75) is 38.7 Å². The number of carbonyl (C=O) groups is 2. The molecule has 1 aliphatic heterocycles. The van der Waals surface area contributed by atoms with Gasteiger partial charge in [-0.15, -0.1) is 0 Å². The molecule has 1 saturated heterocycles. The number of benzene rings is 3. The van der Waals surface area contributed by atoms with E-state index < -0.39 is 0 Å². The second-order valence-corrected chi connectivity index (χ2v) is 12.4. The molecule has 1 atom stereocenters. The Kier molecular flexibility index (Phi) is 10.6. The van der Waals surface area contributed by atoms with Crippen LogP contribution in [-0.4, -0.2) is 70.6 Å². The lowest BCUT2D eigenvalue weighted by molar-refractivity contribution is -0.0563. The summed E-state index contributed by atoms with van der Waals surface area (Å²) in [7, 11) is 1.67. The van der Waals surface area contributed by atoms with Gasteiger partial charge in [-0.25, -0.2) is 4.98 Å². The molecule has 1 aromatic heterocycles. The average Bonchev–Trinajstić information content (AvgIpc) is 3.12. The Morgan fingerprint density at radius 1 is 1.04 bits per heavy atom. The van der Waals surface area contributed by atoms with Gasteiger partial charge in [0.15, 0.2) is 5.82 Å². The number of hydrogen-bond acceptors (Lipinski definition) is 8. The van der Waals surface area contributed by atoms with Crippen molar-refractivity contribution in [2.24, 2.45) is 7.05 Å². The normalized spacial score (nSPS) is 17.2. The molecule has 0 bridgehead atoms. The third-order valence-corrected chi connectivity index (χ3v) is 8.99. The predicted molar refractivity (Wildman–Crippen MR) is 189 cm³/mol. The van der Waals surface area contributed by atoms with Crippen molar-refractivity contribution in [3.05, 3.63) is 111 Å². The minimum Gasteiger partial charge on any atom is -0.378 e. The van der Waals surface area contributed by atoms with Gasteiger partial charge < -0.3 is 34.7 Å². The van der Waals surface area contributed by atoms with Crippen LogP contribution in [0.25, 0.3) is 17.3 Å². The number of hydrogen-bond donors (Lipinski definition) is 3. The van der Waals surface area contributed by atoms with Crippen LogP contribution in [0, 0.1) is 6.92 Å². The molecule has 1 aliphatic carbocycles. The molecule has 2 amide bonds. The molecule has 0 spiro atoms. The summed E-state index contributed by atoms with van der Waals surface area (Å²) in [6, 6.07) is 20.0. The first-order chi connectivity index (χ1) is 23.8. The van der Waals surface area contributed by atoms with Crippen molar-refractivity contribution in [3.8, 4) is 11.3 Å². The summed E-state index contributed by atoms with van der Waals surface area (Å²) in [5.74, 6) is -0.150. The van der Waals surface area contributed by atoms with E-state index in [1.807, 2.05) is 49.4 Å². The van der Waals surface area contributed by atoms with Crippen molar-refractivity contribution in [1.29, 1.82) is 0 Å². The van der Waals surface area contributed by atoms with Gasteiger partial charge in [0.1, 0.15) is 6.79 Å². The Morgan fingerprint density at radius 2 is 1.78 bits per heavy atom. The van der Waals surface area contributed by atoms with E-state index in [2.05, 4.69) is 21.7 Å². The van der Waals surface area contributed by atoms with E-state index >= 15 is 0 Å². The standard InChI is InChI=1S/C38H41N5O6/c1-25-32(7-4-8-33(25)41-36(45)28-11-9-26(10-12-28)21-27-5-3-6-31(22-27)49-24-44)34-23-42(2)38(47)35(40-34)39-30-15-13-29(14-16-30)37(46)43-17-19-48-20-18-43/h4,7-16,21,23,31,44H,3,5-6,17-20,22,24H2,1-2H3,(H,39,40)(H,41,45). The lowest BCUT2D eigenvalue weighted by atomic mass is 9.91. The Labute approximate surface area is 285 Å². The zero-order valence-electron chi connectivity index (χ0n) is 27.8. The molecular formula is C38H41N5O6. The van der Waals surface area contributed by atoms with Crippen molar-refractivity contribution in [3.63, 3.8) is 0 Å². The van der Waals surface area contributed by atoms with E-state index in [0.29, 0.717) is 54.5 Å². The van der Waals surface area contributed by atoms with Gasteiger partial charge in [0, 0.05) is 54.4 Å². The molecule has 49 heavy (non-hydrogen) atoms. The quantitative estimate of drug-likeness (QED) is 0.200. The number of ether oxygens (including phenoxy) is 2. The van der Waals surface area contributed by atoms with Gasteiger partial charge in [-0.1, -0.05) is 35.9 Å². The van der Waals surface area contributed by atoms with Gasteiger partial charge in [-0.3, -0.25) is 14.4 Å². The summed E-state index contributed by atoms with van der Waals surface area (Å²) in [6.07, 6.45) is 7.61. The second kappa shape index (κ2) is 15.4. The number of aliphatic hydroxyl groups is 1. The monoisotopic (exact) mass is 663 g/mol. The van der Waals surface area contributed by atoms with Gasteiger partial charge in [-0.05, 0) is 86.2 Å². The van der Waals surface area contributed by atoms with Crippen LogP contribution < -0.4 is 16.2 Å². The van der Waals surface area contributed by atoms with Crippen molar-refractivity contribution < 1.29 is 24.2 Å². The number of nitrogens with one attached hydrogen (secondary N) is 2. The van der Waals surface area contributed by atoms with Gasteiger partial charge >= 0.3 is 0 Å². The van der Waals surface area contributed by atoms with Crippen molar-refractivity contribution >= 4 is 35.1 Å². The van der Waals surface area contributed by atoms with Gasteiger partial charge in [0.2, 0.25) is 0 Å². The van der Waals surface area contributed by atoms with Gasteiger partial charge in [0.05, 0.1) is 25.0 Å². The number of morpholine rings is 1. The summed E-state index contributed by atoms with van der Waals surface area (Å²) in [5.41, 5.74) is 6.46. The maximum absolute atomic E-state index is 13.3. The lowest BCUT2D eigenvalue weighted by Gasteiger charge is -2.26. The Hall–Kier alpha value is -5.10. The minimum absolute atomic E-state index is 0.0456. The number of aryl methyl sites for hydroxylation is 1. The van der Waals surface area contributed by atoms with Crippen molar-refractivity contribution in [2.75, 3.05) is 43.7 Å². The smallest absolute Gasteiger partial charge is 0.293 e. The highest BCUT2D eigenvalue weighted by molar-refractivity contribution is 6.05. The summed E-state index contributed by atoms with van der Waals surface area (Å²) in [6.45, 7) is 3.83. The van der Waals surface area contributed by atoms with Crippen molar-refractivity contribution in [1.82, 2.24) is 14.5 Å². The maximum Gasteiger partial charge on any atom is 0.293 e. The fraction of sp³-hybridized carbons (Fsp3) is 0.316. The number of aliphatic hydroxyl groups excluding tert-OH is 1. The van der Waals surface area contributed by atoms with Crippen LogP contribution in [0.5, 0.6) is 0 Å². The second-order valence-electron chi connectivity index (χ2n) is 12.4. The topological polar surface area (TPSA) is 135 Å². The van der Waals surface area contributed by atoms with Crippen LogP contribution in [0.1, 0.15) is 57.5 Å². The molecule has 2 heterocycles. The molecule has 11 heteroatoms. The molecule has 254 valence electrons. The van der Waals surface area contributed by atoms with E-state index in [9.17, 15) is 14.4 Å². The number of nitrogens with zero attached hydrogens (tertiary/aromatic N) is 3. The van der Waals surface area contributed by atoms with Crippen LogP contribution >= 0.6 is 0 Å². The lowest BCUT2D eigenvalue weighted by Crippen LogP contribution is -2.40. The van der Waals surface area contributed by atoms with Crippen LogP contribution in [0.15, 0.2) is 83.3 Å². The van der Waals surface area contributed by atoms with Crippen LogP contribution in [-0.2, 0) is 16.5 Å². The molecule has 2 fully saturated rings. The third kappa shape index (κ3) is 8.14. The van der Waals surface area contributed by atoms with Gasteiger partial charge in [0.25, 0.3) is 17.4 Å². The maximum atomic E-state index is 13.3. The zero-order valence-corrected chi connectivity index (χ0v) is 27.8. The van der Waals surface area contributed by atoms with E-state index in [1.54, 1.807) is 42.4 Å². The highest BCUT2D eigenvalue weighted by Crippen LogP contribution is 2.30. The first kappa shape index (κ1) is 33.8. The first-order valence-electron chi connectivity index (χ1n) is 16.5. The highest BCUT2D eigenvalue weighted by Gasteiger charge is 2.20. The number of carbonyl (C=O) groups excluding carboxylic acids is 2. The molecule has 6 rings (SSSR count). The summed E-state index contributed by atoms with van der Waals surface area (Å²) < 4.78 is 12.2. The molecule has 11 nitrogen and oxygen atoms in total. The van der Waals surface area contributed by atoms with Crippen LogP contribution in [0.4, 0.5) is 17.2 Å². The number of amides is 2. The van der Waals surface area contributed by atoms with Gasteiger partial charge in [-0.2, -0.15) is 0 Å². The van der Waals surface area contributed by atoms with Crippen LogP contribution in [0.2, 0.25) is 0 Å². The molecular weight excluding hydrogens is 622 g/mol. The predicted octanol–water partition coefficient (Wildman–Crippen LogP) is 5.52. The summed E-state index contributed by atoms with van der Waals surface area (Å²) >= 11 is 0. The zero-order chi connectivity index (χ0) is 34.3. The van der Waals surface area contributed by atoms with E-state index in [4.69, 9.17) is 14.6 Å². The Morgan fingerprint density at radius 3 is 2.51 bits per heavy atom. The first-order valence-corrected chi connectivity index (χ1v) is 16.5. The molecule has 0 radical (unpaired) electrons. The summed E-state index contributed by atoms with van der Waals surface area (Å²) in [5, 5.41) is 15.2. The largest absolute Gasteiger partial charge is 0.378 e. The Balaban J connectivity index is 1.15. The molecule has 2 aliphatic rings. The number of rotatable bonds is 9. The van der Waals surface area contributed by atoms with E-state index in [0.717, 1.165) is 42.4 Å². The third-order valence-electron chi connectivity index (χ3n) is 8.99. The molecule has 3 N–H and O–H groups in total. The van der Waals surface area contributed by atoms with Crippen LogP contribution in [0.3, 0.4) is 0 Å². The van der Waals surface area contributed by atoms with E-state index in [1.165, 1.54) is 10.1 Å². The SMILES string of the molecule is Cc1c(NC(=O)c2ccc(C=C3CCCC(OCO)C3)cc2)cccc1-c1cn(C)c(=O)c(Nc2ccc(C(=O)N3CCOCC3)cc2)n1.